The number of halogens is 1. The highest BCUT2D eigenvalue weighted by Gasteiger charge is 2.18. The summed E-state index contributed by atoms with van der Waals surface area (Å²) in [6.07, 6.45) is 0. The molecule has 0 atom stereocenters. The average Bonchev–Trinajstić information content (AvgIpc) is 3.27. The zero-order valence-corrected chi connectivity index (χ0v) is 17.9. The Kier molecular flexibility index (Phi) is 7.66. The predicted octanol–water partition coefficient (Wildman–Crippen LogP) is 5.59. The highest BCUT2D eigenvalue weighted by Crippen LogP contribution is 2.28. The third kappa shape index (κ3) is 5.72. The molecule has 4 nitrogen and oxygen atoms in total. The summed E-state index contributed by atoms with van der Waals surface area (Å²) in [5, 5.41) is 18.0. The number of thiophene rings is 1. The second-order valence-corrected chi connectivity index (χ2v) is 8.42. The van der Waals surface area contributed by atoms with Gasteiger partial charge in [0.2, 0.25) is 0 Å². The third-order valence-electron chi connectivity index (χ3n) is 4.29. The Morgan fingerprint density at radius 3 is 2.60 bits per heavy atom. The lowest BCUT2D eigenvalue weighted by atomic mass is 10.2. The van der Waals surface area contributed by atoms with Gasteiger partial charge in [0.25, 0.3) is 5.91 Å². The molecule has 0 fully saturated rings. The number of rotatable bonds is 8. The van der Waals surface area contributed by atoms with Crippen LogP contribution in [0.4, 0.5) is 10.1 Å². The first-order valence-corrected chi connectivity index (χ1v) is 11.1. The van der Waals surface area contributed by atoms with E-state index in [1.165, 1.54) is 29.2 Å². The number of nitrogens with zero attached hydrogens (tertiary/aromatic N) is 1. The van der Waals surface area contributed by atoms with Gasteiger partial charge < -0.3 is 10.6 Å². The summed E-state index contributed by atoms with van der Waals surface area (Å²) in [6, 6.07) is 19.9. The molecule has 1 heterocycles. The maximum absolute atomic E-state index is 14.1. The molecule has 2 N–H and O–H groups in total. The van der Waals surface area contributed by atoms with Crippen molar-refractivity contribution in [2.24, 2.45) is 0 Å². The van der Waals surface area contributed by atoms with Crippen LogP contribution in [0.2, 0.25) is 0 Å². The fourth-order valence-electron chi connectivity index (χ4n) is 2.65. The summed E-state index contributed by atoms with van der Waals surface area (Å²) in [5.74, 6) is -0.506. The van der Waals surface area contributed by atoms with E-state index in [4.69, 9.17) is 0 Å². The van der Waals surface area contributed by atoms with E-state index in [1.54, 1.807) is 18.2 Å². The number of hydrogen-bond acceptors (Lipinski definition) is 5. The zero-order chi connectivity index (χ0) is 21.3. The largest absolute Gasteiger partial charge is 0.349 e. The van der Waals surface area contributed by atoms with Gasteiger partial charge in [0.1, 0.15) is 17.5 Å². The number of nitriles is 1. The number of amides is 1. The van der Waals surface area contributed by atoms with Crippen molar-refractivity contribution < 1.29 is 9.18 Å². The topological polar surface area (TPSA) is 64.9 Å². The number of benzene rings is 2. The summed E-state index contributed by atoms with van der Waals surface area (Å²) >= 11 is 2.75. The second-order valence-electron chi connectivity index (χ2n) is 6.40. The molecule has 0 radical (unpaired) electrons. The Hall–Kier alpha value is -3.08. The van der Waals surface area contributed by atoms with Crippen LogP contribution >= 0.6 is 23.1 Å². The van der Waals surface area contributed by atoms with Crippen molar-refractivity contribution in [3.8, 4) is 6.07 Å². The van der Waals surface area contributed by atoms with Crippen LogP contribution in [0.25, 0.3) is 0 Å². The van der Waals surface area contributed by atoms with E-state index in [2.05, 4.69) is 10.6 Å². The van der Waals surface area contributed by atoms with Gasteiger partial charge in [-0.25, -0.2) is 4.39 Å². The molecule has 0 aliphatic carbocycles. The van der Waals surface area contributed by atoms with Crippen molar-refractivity contribution in [3.05, 3.63) is 98.5 Å². The third-order valence-corrected chi connectivity index (χ3v) is 6.22. The van der Waals surface area contributed by atoms with Crippen LogP contribution in [0.5, 0.6) is 0 Å². The van der Waals surface area contributed by atoms with E-state index in [1.807, 2.05) is 54.8 Å². The van der Waals surface area contributed by atoms with Crippen LogP contribution in [0, 0.1) is 24.1 Å². The quantitative estimate of drug-likeness (QED) is 0.356. The van der Waals surface area contributed by atoms with Crippen LogP contribution in [-0.2, 0) is 17.1 Å². The minimum atomic E-state index is -0.469. The number of aryl methyl sites for hydroxylation is 1. The van der Waals surface area contributed by atoms with E-state index in [9.17, 15) is 14.4 Å². The van der Waals surface area contributed by atoms with Crippen molar-refractivity contribution in [2.45, 2.75) is 19.2 Å². The maximum atomic E-state index is 14.1. The molecule has 2 aromatic carbocycles. The van der Waals surface area contributed by atoms with Gasteiger partial charge in [-0.1, -0.05) is 42.5 Å². The minimum absolute atomic E-state index is 0.0313. The molecule has 7 heteroatoms. The smallest absolute Gasteiger partial charge is 0.264 e. The molecule has 0 spiro atoms. The van der Waals surface area contributed by atoms with Crippen molar-refractivity contribution in [1.82, 2.24) is 5.32 Å². The van der Waals surface area contributed by atoms with E-state index in [-0.39, 0.29) is 17.1 Å². The van der Waals surface area contributed by atoms with Gasteiger partial charge in [0.15, 0.2) is 0 Å². The molecule has 3 rings (SSSR count). The molecule has 1 amide bonds. The Labute approximate surface area is 183 Å². The lowest BCUT2D eigenvalue weighted by molar-refractivity contribution is -0.117. The normalized spacial score (nSPS) is 11.4. The fourth-order valence-corrected chi connectivity index (χ4v) is 4.29. The molecular formula is C23H20FN3OS2. The van der Waals surface area contributed by atoms with Gasteiger partial charge in [0, 0.05) is 16.3 Å². The molecule has 0 aliphatic rings. The van der Waals surface area contributed by atoms with E-state index < -0.39 is 5.91 Å². The first-order valence-electron chi connectivity index (χ1n) is 9.22. The molecule has 1 aromatic heterocycles. The summed E-state index contributed by atoms with van der Waals surface area (Å²) in [5.41, 5.74) is 2.23. The molecule has 0 saturated heterocycles. The van der Waals surface area contributed by atoms with Crippen LogP contribution in [0.3, 0.4) is 0 Å². The van der Waals surface area contributed by atoms with Crippen molar-refractivity contribution >= 4 is 34.7 Å². The highest BCUT2D eigenvalue weighted by molar-refractivity contribution is 8.02. The van der Waals surface area contributed by atoms with E-state index in [0.29, 0.717) is 17.1 Å². The molecular weight excluding hydrogens is 417 g/mol. The monoisotopic (exact) mass is 437 g/mol. The maximum Gasteiger partial charge on any atom is 0.264 e. The van der Waals surface area contributed by atoms with E-state index in [0.717, 1.165) is 16.1 Å². The molecule has 30 heavy (non-hydrogen) atoms. The number of carbonyl (C=O) groups excluding carboxylic acids is 1. The number of nitrogens with one attached hydrogen (secondary N) is 2. The predicted molar refractivity (Wildman–Crippen MR) is 121 cm³/mol. The number of carbonyl (C=O) groups is 1. The van der Waals surface area contributed by atoms with Gasteiger partial charge in [-0.05, 0) is 41.6 Å². The lowest BCUT2D eigenvalue weighted by Gasteiger charge is -2.15. The van der Waals surface area contributed by atoms with Gasteiger partial charge in [-0.3, -0.25) is 4.79 Å². The van der Waals surface area contributed by atoms with Gasteiger partial charge in [0.05, 0.1) is 11.6 Å². The molecule has 0 saturated carbocycles. The molecule has 152 valence electrons. The fraction of sp³-hybridized carbons (Fsp3) is 0.130. The zero-order valence-electron chi connectivity index (χ0n) is 16.3. The molecule has 0 unspecified atom stereocenters. The van der Waals surface area contributed by atoms with Crippen LogP contribution in [0.15, 0.2) is 76.6 Å². The van der Waals surface area contributed by atoms with Gasteiger partial charge >= 0.3 is 0 Å². The highest BCUT2D eigenvalue weighted by atomic mass is 32.2. The average molecular weight is 438 g/mol. The van der Waals surface area contributed by atoms with E-state index >= 15 is 0 Å². The first-order chi connectivity index (χ1) is 14.6. The van der Waals surface area contributed by atoms with Crippen LogP contribution in [0.1, 0.15) is 16.0 Å². The van der Waals surface area contributed by atoms with Gasteiger partial charge in [-0.2, -0.15) is 5.26 Å². The summed E-state index contributed by atoms with van der Waals surface area (Å²) in [6.45, 7) is 2.28. The standard InChI is InChI=1S/C23H20FN3OS2/c1-16-7-2-5-11-21(16)27-23(30-15-17-8-3-4-10-20(17)24)19(13-25)22(28)26-14-18-9-6-12-29-18/h2-12,27H,14-15H2,1H3,(H,26,28)/b23-19+. The summed E-state index contributed by atoms with van der Waals surface area (Å²) in [4.78, 5) is 13.7. The summed E-state index contributed by atoms with van der Waals surface area (Å²) < 4.78 is 14.1. The Morgan fingerprint density at radius 1 is 1.13 bits per heavy atom. The number of anilines is 1. The molecule has 3 aromatic rings. The summed E-state index contributed by atoms with van der Waals surface area (Å²) in [7, 11) is 0. The van der Waals surface area contributed by atoms with Crippen molar-refractivity contribution in [3.63, 3.8) is 0 Å². The number of thioether (sulfide) groups is 1. The van der Waals surface area contributed by atoms with Crippen molar-refractivity contribution in [2.75, 3.05) is 5.32 Å². The van der Waals surface area contributed by atoms with Crippen LogP contribution < -0.4 is 10.6 Å². The Bertz CT molecular complexity index is 1090. The number of para-hydroxylation sites is 1. The first kappa shape index (κ1) is 21.6. The second kappa shape index (κ2) is 10.6. The van der Waals surface area contributed by atoms with Crippen LogP contribution in [-0.4, -0.2) is 5.91 Å². The Morgan fingerprint density at radius 2 is 1.90 bits per heavy atom. The molecule has 0 aliphatic heterocycles. The SMILES string of the molecule is Cc1ccccc1N/C(SCc1ccccc1F)=C(/C#N)C(=O)NCc1cccs1. The molecule has 0 bridgehead atoms. The van der Waals surface area contributed by atoms with Crippen molar-refractivity contribution in [1.29, 1.82) is 5.26 Å². The lowest BCUT2D eigenvalue weighted by Crippen LogP contribution is -2.25. The van der Waals surface area contributed by atoms with Gasteiger partial charge in [-0.15, -0.1) is 23.1 Å². The minimum Gasteiger partial charge on any atom is -0.349 e. The Balaban J connectivity index is 1.86. The number of hydrogen-bond donors (Lipinski definition) is 2.